The van der Waals surface area contributed by atoms with Gasteiger partial charge in [0.15, 0.2) is 0 Å². The highest BCUT2D eigenvalue weighted by molar-refractivity contribution is 5.77. The highest BCUT2D eigenvalue weighted by Crippen LogP contribution is 2.16. The average molecular weight is 322 g/mol. The van der Waals surface area contributed by atoms with Gasteiger partial charge in [0.05, 0.1) is 0 Å². The van der Waals surface area contributed by atoms with Gasteiger partial charge in [-0.15, -0.1) is 10.2 Å². The largest absolute Gasteiger partial charge is 0.420 e. The second-order valence-corrected chi connectivity index (χ2v) is 5.36. The summed E-state index contributed by atoms with van der Waals surface area (Å²) >= 11 is 0. The van der Waals surface area contributed by atoms with E-state index in [4.69, 9.17) is 4.42 Å². The van der Waals surface area contributed by atoms with Crippen molar-refractivity contribution in [3.05, 3.63) is 65.8 Å². The Morgan fingerprint density at radius 3 is 2.46 bits per heavy atom. The normalized spacial score (nSPS) is 10.5. The standard InChI is InChI=1S/C18H18N4O2/c1-2-13-3-5-14(6-4-13)12-20-16(23)11-17-21-22-18(24-17)15-7-9-19-10-8-15/h3-10H,2,11-12H2,1H3,(H,20,23). The molecule has 0 radical (unpaired) electrons. The lowest BCUT2D eigenvalue weighted by atomic mass is 10.1. The van der Waals surface area contributed by atoms with Crippen LogP contribution in [0.3, 0.4) is 0 Å². The third kappa shape index (κ3) is 4.04. The number of pyridine rings is 1. The maximum Gasteiger partial charge on any atom is 0.247 e. The van der Waals surface area contributed by atoms with Crippen molar-refractivity contribution >= 4 is 5.91 Å². The summed E-state index contributed by atoms with van der Waals surface area (Å²) < 4.78 is 5.51. The zero-order valence-electron chi connectivity index (χ0n) is 13.4. The van der Waals surface area contributed by atoms with E-state index in [2.05, 4.69) is 39.6 Å². The predicted octanol–water partition coefficient (Wildman–Crippen LogP) is 2.55. The average Bonchev–Trinajstić information content (AvgIpc) is 3.09. The third-order valence-corrected chi connectivity index (χ3v) is 3.63. The van der Waals surface area contributed by atoms with Gasteiger partial charge >= 0.3 is 0 Å². The van der Waals surface area contributed by atoms with E-state index in [1.54, 1.807) is 24.5 Å². The molecule has 24 heavy (non-hydrogen) atoms. The van der Waals surface area contributed by atoms with Crippen LogP contribution in [0.1, 0.15) is 23.9 Å². The predicted molar refractivity (Wildman–Crippen MR) is 88.9 cm³/mol. The van der Waals surface area contributed by atoms with E-state index in [1.807, 2.05) is 12.1 Å². The maximum absolute atomic E-state index is 12.0. The van der Waals surface area contributed by atoms with E-state index in [1.165, 1.54) is 5.56 Å². The molecule has 3 rings (SSSR count). The van der Waals surface area contributed by atoms with Gasteiger partial charge in [0.2, 0.25) is 17.7 Å². The van der Waals surface area contributed by atoms with Gasteiger partial charge in [-0.25, -0.2) is 0 Å². The molecule has 122 valence electrons. The van der Waals surface area contributed by atoms with Crippen LogP contribution in [-0.4, -0.2) is 21.1 Å². The summed E-state index contributed by atoms with van der Waals surface area (Å²) in [5.41, 5.74) is 3.11. The van der Waals surface area contributed by atoms with Crippen molar-refractivity contribution in [1.82, 2.24) is 20.5 Å². The summed E-state index contributed by atoms with van der Waals surface area (Å²) in [7, 11) is 0. The number of aryl methyl sites for hydroxylation is 1. The Kier molecular flexibility index (Phi) is 4.96. The van der Waals surface area contributed by atoms with Crippen LogP contribution in [-0.2, 0) is 24.2 Å². The number of amides is 1. The Morgan fingerprint density at radius 1 is 1.04 bits per heavy atom. The van der Waals surface area contributed by atoms with Crippen molar-refractivity contribution in [2.75, 3.05) is 0 Å². The molecule has 6 nitrogen and oxygen atoms in total. The van der Waals surface area contributed by atoms with E-state index < -0.39 is 0 Å². The van der Waals surface area contributed by atoms with Crippen molar-refractivity contribution in [2.24, 2.45) is 0 Å². The van der Waals surface area contributed by atoms with Crippen molar-refractivity contribution < 1.29 is 9.21 Å². The molecule has 1 amide bonds. The molecular formula is C18H18N4O2. The van der Waals surface area contributed by atoms with E-state index in [9.17, 15) is 4.79 Å². The van der Waals surface area contributed by atoms with E-state index in [0.29, 0.717) is 18.3 Å². The molecule has 2 heterocycles. The van der Waals surface area contributed by atoms with Crippen LogP contribution in [0, 0.1) is 0 Å². The second-order valence-electron chi connectivity index (χ2n) is 5.36. The number of nitrogens with zero attached hydrogens (tertiary/aromatic N) is 3. The highest BCUT2D eigenvalue weighted by atomic mass is 16.4. The van der Waals surface area contributed by atoms with Crippen molar-refractivity contribution in [1.29, 1.82) is 0 Å². The number of rotatable bonds is 6. The number of carbonyl (C=O) groups excluding carboxylic acids is 1. The Bertz CT molecular complexity index is 797. The molecule has 0 fully saturated rings. The van der Waals surface area contributed by atoms with E-state index in [-0.39, 0.29) is 12.3 Å². The van der Waals surface area contributed by atoms with Gasteiger partial charge in [0.25, 0.3) is 0 Å². The lowest BCUT2D eigenvalue weighted by molar-refractivity contribution is -0.120. The first-order valence-electron chi connectivity index (χ1n) is 7.82. The minimum Gasteiger partial charge on any atom is -0.420 e. The molecule has 0 unspecified atom stereocenters. The Hall–Kier alpha value is -3.02. The van der Waals surface area contributed by atoms with Crippen LogP contribution in [0.5, 0.6) is 0 Å². The topological polar surface area (TPSA) is 80.9 Å². The van der Waals surface area contributed by atoms with Crippen LogP contribution in [0.4, 0.5) is 0 Å². The lowest BCUT2D eigenvalue weighted by Crippen LogP contribution is -2.24. The first kappa shape index (κ1) is 15.9. The summed E-state index contributed by atoms with van der Waals surface area (Å²) in [5, 5.41) is 10.7. The number of nitrogens with one attached hydrogen (secondary N) is 1. The highest BCUT2D eigenvalue weighted by Gasteiger charge is 2.12. The molecule has 0 aliphatic carbocycles. The molecule has 0 saturated carbocycles. The number of hydrogen-bond donors (Lipinski definition) is 1. The van der Waals surface area contributed by atoms with Gasteiger partial charge in [0, 0.05) is 24.5 Å². The van der Waals surface area contributed by atoms with Crippen molar-refractivity contribution in [2.45, 2.75) is 26.3 Å². The molecule has 6 heteroatoms. The minimum absolute atomic E-state index is 0.0606. The molecule has 2 aromatic heterocycles. The molecular weight excluding hydrogens is 304 g/mol. The summed E-state index contributed by atoms with van der Waals surface area (Å²) in [6.45, 7) is 2.59. The Labute approximate surface area is 140 Å². The van der Waals surface area contributed by atoms with Gasteiger partial charge in [-0.2, -0.15) is 0 Å². The molecule has 0 saturated heterocycles. The first-order chi connectivity index (χ1) is 11.7. The van der Waals surface area contributed by atoms with Crippen LogP contribution in [0.2, 0.25) is 0 Å². The fourth-order valence-corrected chi connectivity index (χ4v) is 2.23. The van der Waals surface area contributed by atoms with Gasteiger partial charge in [-0.1, -0.05) is 31.2 Å². The molecule has 3 aromatic rings. The number of benzene rings is 1. The Balaban J connectivity index is 1.54. The smallest absolute Gasteiger partial charge is 0.247 e. The zero-order valence-corrected chi connectivity index (χ0v) is 13.4. The molecule has 0 spiro atoms. The third-order valence-electron chi connectivity index (χ3n) is 3.63. The van der Waals surface area contributed by atoms with Crippen molar-refractivity contribution in [3.63, 3.8) is 0 Å². The molecule has 1 N–H and O–H groups in total. The molecule has 0 aliphatic rings. The second kappa shape index (κ2) is 7.50. The van der Waals surface area contributed by atoms with Crippen LogP contribution >= 0.6 is 0 Å². The quantitative estimate of drug-likeness (QED) is 0.754. The van der Waals surface area contributed by atoms with Crippen LogP contribution in [0.25, 0.3) is 11.5 Å². The van der Waals surface area contributed by atoms with E-state index >= 15 is 0 Å². The molecule has 0 atom stereocenters. The fraction of sp³-hybridized carbons (Fsp3) is 0.222. The van der Waals surface area contributed by atoms with E-state index in [0.717, 1.165) is 17.5 Å². The zero-order chi connectivity index (χ0) is 16.8. The first-order valence-corrected chi connectivity index (χ1v) is 7.82. The van der Waals surface area contributed by atoms with Gasteiger partial charge < -0.3 is 9.73 Å². The van der Waals surface area contributed by atoms with Crippen LogP contribution in [0.15, 0.2) is 53.2 Å². The molecule has 1 aromatic carbocycles. The minimum atomic E-state index is -0.153. The number of hydrogen-bond acceptors (Lipinski definition) is 5. The fourth-order valence-electron chi connectivity index (χ4n) is 2.23. The summed E-state index contributed by atoms with van der Waals surface area (Å²) in [4.78, 5) is 15.9. The van der Waals surface area contributed by atoms with Gasteiger partial charge in [0.1, 0.15) is 6.42 Å². The Morgan fingerprint density at radius 2 is 1.75 bits per heavy atom. The SMILES string of the molecule is CCc1ccc(CNC(=O)Cc2nnc(-c3ccncc3)o2)cc1. The number of carbonyl (C=O) groups is 1. The monoisotopic (exact) mass is 322 g/mol. The molecule has 0 aliphatic heterocycles. The van der Waals surface area contributed by atoms with Crippen LogP contribution < -0.4 is 5.32 Å². The maximum atomic E-state index is 12.0. The summed E-state index contributed by atoms with van der Waals surface area (Å²) in [6.07, 6.45) is 4.36. The van der Waals surface area contributed by atoms with Gasteiger partial charge in [-0.05, 0) is 29.7 Å². The van der Waals surface area contributed by atoms with Crippen molar-refractivity contribution in [3.8, 4) is 11.5 Å². The lowest BCUT2D eigenvalue weighted by Gasteiger charge is -2.04. The number of aromatic nitrogens is 3. The van der Waals surface area contributed by atoms with Gasteiger partial charge in [-0.3, -0.25) is 9.78 Å². The molecule has 0 bridgehead atoms. The summed E-state index contributed by atoms with van der Waals surface area (Å²) in [6, 6.07) is 11.7. The summed E-state index contributed by atoms with van der Waals surface area (Å²) in [5.74, 6) is 0.524.